The summed E-state index contributed by atoms with van der Waals surface area (Å²) < 4.78 is 2.05. The molecule has 0 unspecified atom stereocenters. The van der Waals surface area contributed by atoms with Gasteiger partial charge in [-0.15, -0.1) is 0 Å². The van der Waals surface area contributed by atoms with Crippen LogP contribution in [0.4, 0.5) is 0 Å². The highest BCUT2D eigenvalue weighted by Gasteiger charge is 1.96. The standard InChI is InChI=1S/C9H15N3/c1-8(2)3-4-12-7-11-6-9(12)5-10/h3,6-7H,4-5,10H2,1-2H3. The smallest absolute Gasteiger partial charge is 0.0951 e. The van der Waals surface area contributed by atoms with Crippen molar-refractivity contribution in [1.82, 2.24) is 9.55 Å². The molecule has 1 aromatic rings. The van der Waals surface area contributed by atoms with E-state index in [0.717, 1.165) is 12.2 Å². The average Bonchev–Trinajstić information content (AvgIpc) is 2.47. The highest BCUT2D eigenvalue weighted by Crippen LogP contribution is 1.99. The van der Waals surface area contributed by atoms with Crippen LogP contribution in [0.3, 0.4) is 0 Å². The Kier molecular flexibility index (Phi) is 3.05. The second-order valence-corrected chi connectivity index (χ2v) is 3.02. The first-order chi connectivity index (χ1) is 5.74. The van der Waals surface area contributed by atoms with E-state index < -0.39 is 0 Å². The van der Waals surface area contributed by atoms with Gasteiger partial charge in [-0.2, -0.15) is 0 Å². The third kappa shape index (κ3) is 2.20. The summed E-state index contributed by atoms with van der Waals surface area (Å²) in [6.45, 7) is 5.59. The maximum Gasteiger partial charge on any atom is 0.0951 e. The van der Waals surface area contributed by atoms with Gasteiger partial charge in [-0.05, 0) is 13.8 Å². The van der Waals surface area contributed by atoms with Gasteiger partial charge >= 0.3 is 0 Å². The van der Waals surface area contributed by atoms with Crippen molar-refractivity contribution < 1.29 is 0 Å². The summed E-state index contributed by atoms with van der Waals surface area (Å²) in [5, 5.41) is 0. The highest BCUT2D eigenvalue weighted by atomic mass is 15.0. The van der Waals surface area contributed by atoms with E-state index in [1.165, 1.54) is 5.57 Å². The van der Waals surface area contributed by atoms with Crippen molar-refractivity contribution in [2.75, 3.05) is 0 Å². The molecule has 0 atom stereocenters. The lowest BCUT2D eigenvalue weighted by Crippen LogP contribution is -2.05. The van der Waals surface area contributed by atoms with Gasteiger partial charge in [0.25, 0.3) is 0 Å². The molecular weight excluding hydrogens is 150 g/mol. The zero-order chi connectivity index (χ0) is 8.97. The molecule has 0 aromatic carbocycles. The van der Waals surface area contributed by atoms with Gasteiger partial charge in [0.05, 0.1) is 12.0 Å². The number of aromatic nitrogens is 2. The first-order valence-corrected chi connectivity index (χ1v) is 4.06. The number of nitrogens with zero attached hydrogens (tertiary/aromatic N) is 2. The quantitative estimate of drug-likeness (QED) is 0.686. The lowest BCUT2D eigenvalue weighted by molar-refractivity contribution is 0.752. The summed E-state index contributed by atoms with van der Waals surface area (Å²) in [4.78, 5) is 4.02. The van der Waals surface area contributed by atoms with Crippen molar-refractivity contribution in [3.8, 4) is 0 Å². The van der Waals surface area contributed by atoms with Gasteiger partial charge in [0, 0.05) is 19.3 Å². The van der Waals surface area contributed by atoms with Crippen molar-refractivity contribution in [3.05, 3.63) is 29.9 Å². The van der Waals surface area contributed by atoms with Crippen LogP contribution in [0.1, 0.15) is 19.5 Å². The van der Waals surface area contributed by atoms with Crippen LogP contribution in [0.2, 0.25) is 0 Å². The first kappa shape index (κ1) is 9.00. The maximum absolute atomic E-state index is 5.52. The molecule has 0 fully saturated rings. The van der Waals surface area contributed by atoms with Crippen LogP contribution in [0.15, 0.2) is 24.2 Å². The molecule has 0 aliphatic rings. The summed E-state index contributed by atoms with van der Waals surface area (Å²) >= 11 is 0. The molecule has 2 N–H and O–H groups in total. The van der Waals surface area contributed by atoms with Gasteiger partial charge in [-0.3, -0.25) is 0 Å². The minimum atomic E-state index is 0.552. The van der Waals surface area contributed by atoms with E-state index in [2.05, 4.69) is 24.9 Å². The summed E-state index contributed by atoms with van der Waals surface area (Å²) in [5.74, 6) is 0. The first-order valence-electron chi connectivity index (χ1n) is 4.06. The predicted octanol–water partition coefficient (Wildman–Crippen LogP) is 1.31. The summed E-state index contributed by atoms with van der Waals surface area (Å²) in [5.41, 5.74) is 7.91. The molecule has 66 valence electrons. The Morgan fingerprint density at radius 2 is 2.42 bits per heavy atom. The van der Waals surface area contributed by atoms with Crippen molar-refractivity contribution in [1.29, 1.82) is 0 Å². The van der Waals surface area contributed by atoms with E-state index in [-0.39, 0.29) is 0 Å². The molecule has 12 heavy (non-hydrogen) atoms. The highest BCUT2D eigenvalue weighted by molar-refractivity contribution is 5.01. The summed E-state index contributed by atoms with van der Waals surface area (Å²) in [6, 6.07) is 0. The molecule has 0 saturated carbocycles. The maximum atomic E-state index is 5.52. The molecule has 0 aliphatic heterocycles. The molecule has 0 spiro atoms. The Hall–Kier alpha value is -1.09. The second kappa shape index (κ2) is 4.07. The van der Waals surface area contributed by atoms with E-state index in [1.807, 2.05) is 10.9 Å². The third-order valence-electron chi connectivity index (χ3n) is 1.70. The molecule has 0 bridgehead atoms. The van der Waals surface area contributed by atoms with E-state index in [4.69, 9.17) is 5.73 Å². The van der Waals surface area contributed by atoms with Crippen LogP contribution in [0, 0.1) is 0 Å². The van der Waals surface area contributed by atoms with E-state index in [1.54, 1.807) is 6.20 Å². The number of rotatable bonds is 3. The van der Waals surface area contributed by atoms with Crippen LogP contribution >= 0.6 is 0 Å². The molecule has 1 heterocycles. The molecule has 0 amide bonds. The van der Waals surface area contributed by atoms with Gasteiger partial charge in [0.2, 0.25) is 0 Å². The Balaban J connectivity index is 2.68. The number of hydrogen-bond acceptors (Lipinski definition) is 2. The van der Waals surface area contributed by atoms with E-state index in [9.17, 15) is 0 Å². The molecule has 1 aromatic heterocycles. The molecule has 0 aliphatic carbocycles. The SMILES string of the molecule is CC(C)=CCn1cncc1CN. The molecular formula is C9H15N3. The number of hydrogen-bond donors (Lipinski definition) is 1. The monoisotopic (exact) mass is 165 g/mol. The number of imidazole rings is 1. The van der Waals surface area contributed by atoms with E-state index >= 15 is 0 Å². The third-order valence-corrected chi connectivity index (χ3v) is 1.70. The van der Waals surface area contributed by atoms with Gasteiger partial charge in [0.15, 0.2) is 0 Å². The van der Waals surface area contributed by atoms with Gasteiger partial charge in [-0.1, -0.05) is 11.6 Å². The fraction of sp³-hybridized carbons (Fsp3) is 0.444. The zero-order valence-corrected chi connectivity index (χ0v) is 7.62. The normalized spacial score (nSPS) is 9.92. The lowest BCUT2D eigenvalue weighted by Gasteiger charge is -2.02. The van der Waals surface area contributed by atoms with Gasteiger partial charge in [-0.25, -0.2) is 4.98 Å². The molecule has 3 heteroatoms. The van der Waals surface area contributed by atoms with Crippen LogP contribution < -0.4 is 5.73 Å². The minimum Gasteiger partial charge on any atom is -0.330 e. The molecule has 1 rings (SSSR count). The second-order valence-electron chi connectivity index (χ2n) is 3.02. The van der Waals surface area contributed by atoms with Crippen LogP contribution in [0.25, 0.3) is 0 Å². The Labute approximate surface area is 72.9 Å². The fourth-order valence-corrected chi connectivity index (χ4v) is 0.963. The van der Waals surface area contributed by atoms with Crippen molar-refractivity contribution >= 4 is 0 Å². The Morgan fingerprint density at radius 3 is 3.00 bits per heavy atom. The van der Waals surface area contributed by atoms with Crippen LogP contribution in [-0.2, 0) is 13.1 Å². The fourth-order valence-electron chi connectivity index (χ4n) is 0.963. The van der Waals surface area contributed by atoms with E-state index in [0.29, 0.717) is 6.54 Å². The molecule has 3 nitrogen and oxygen atoms in total. The van der Waals surface area contributed by atoms with Crippen molar-refractivity contribution in [2.45, 2.75) is 26.9 Å². The van der Waals surface area contributed by atoms with Crippen molar-refractivity contribution in [2.24, 2.45) is 5.73 Å². The minimum absolute atomic E-state index is 0.552. The Morgan fingerprint density at radius 1 is 1.67 bits per heavy atom. The van der Waals surface area contributed by atoms with Gasteiger partial charge in [0.1, 0.15) is 0 Å². The lowest BCUT2D eigenvalue weighted by atomic mass is 10.3. The summed E-state index contributed by atoms with van der Waals surface area (Å²) in [7, 11) is 0. The largest absolute Gasteiger partial charge is 0.330 e. The predicted molar refractivity (Wildman–Crippen MR) is 49.5 cm³/mol. The van der Waals surface area contributed by atoms with Crippen molar-refractivity contribution in [3.63, 3.8) is 0 Å². The zero-order valence-electron chi connectivity index (χ0n) is 7.62. The number of allylic oxidation sites excluding steroid dienone is 2. The van der Waals surface area contributed by atoms with Crippen LogP contribution in [0.5, 0.6) is 0 Å². The van der Waals surface area contributed by atoms with Crippen LogP contribution in [-0.4, -0.2) is 9.55 Å². The molecule has 0 radical (unpaired) electrons. The topological polar surface area (TPSA) is 43.8 Å². The average molecular weight is 165 g/mol. The number of nitrogens with two attached hydrogens (primary N) is 1. The Bertz CT molecular complexity index is 269. The molecule has 0 saturated heterocycles. The van der Waals surface area contributed by atoms with Gasteiger partial charge < -0.3 is 10.3 Å². The summed E-state index contributed by atoms with van der Waals surface area (Å²) in [6.07, 6.45) is 5.77.